The zero-order chi connectivity index (χ0) is 4.71. The van der Waals surface area contributed by atoms with Gasteiger partial charge in [-0.25, -0.2) is 0 Å². The van der Waals surface area contributed by atoms with Crippen LogP contribution in [0.1, 0.15) is 0 Å². The van der Waals surface area contributed by atoms with E-state index in [1.807, 2.05) is 0 Å². The summed E-state index contributed by atoms with van der Waals surface area (Å²) >= 11 is -0.106. The van der Waals surface area contributed by atoms with Gasteiger partial charge in [0.2, 0.25) is 0 Å². The van der Waals surface area contributed by atoms with Crippen molar-refractivity contribution in [3.8, 4) is 0 Å². The molecule has 0 aromatic carbocycles. The molecule has 0 fully saturated rings. The standard InChI is InChI=1S/CH5N.2ClH.Pd/c1-2;;;/h2H2,1H3;2*1H;/q;;;+2/p-2. The van der Waals surface area contributed by atoms with Crippen LogP contribution in [-0.4, -0.2) is 7.05 Å². The van der Waals surface area contributed by atoms with Crippen LogP contribution in [0, 0.1) is 0 Å². The Balaban J connectivity index is 0. The Morgan fingerprint density at radius 1 is 1.40 bits per heavy atom. The molecule has 1 nitrogen and oxygen atoms in total. The second kappa shape index (κ2) is 18.9. The minimum absolute atomic E-state index is 0.106. The first-order chi connectivity index (χ1) is 2.41. The molecule has 38 valence electrons. The van der Waals surface area contributed by atoms with Crippen molar-refractivity contribution >= 4 is 19.1 Å². The van der Waals surface area contributed by atoms with E-state index in [0.29, 0.717) is 0 Å². The molecule has 0 saturated heterocycles. The number of hydrogen-bond acceptors (Lipinski definition) is 1. The van der Waals surface area contributed by atoms with Gasteiger partial charge in [0.1, 0.15) is 0 Å². The van der Waals surface area contributed by atoms with Crippen LogP contribution in [0.2, 0.25) is 0 Å². The molecule has 0 amide bonds. The minimum atomic E-state index is -0.106. The third-order valence-electron chi connectivity index (χ3n) is 0. The summed E-state index contributed by atoms with van der Waals surface area (Å²) in [4.78, 5) is 0. The quantitative estimate of drug-likeness (QED) is 0.589. The first kappa shape index (κ1) is 9.51. The molecule has 0 aliphatic rings. The van der Waals surface area contributed by atoms with E-state index in [1.165, 1.54) is 7.05 Å². The predicted octanol–water partition coefficient (Wildman–Crippen LogP) is 0.951. The van der Waals surface area contributed by atoms with Gasteiger partial charge in [0.15, 0.2) is 0 Å². The molecule has 0 rings (SSSR count). The van der Waals surface area contributed by atoms with Gasteiger partial charge in [-0.05, 0) is 7.05 Å². The average Bonchev–Trinajstić information content (AvgIpc) is 1.46. The Morgan fingerprint density at radius 2 is 1.40 bits per heavy atom. The maximum atomic E-state index is 4.81. The van der Waals surface area contributed by atoms with Crippen molar-refractivity contribution in [3.63, 3.8) is 0 Å². The van der Waals surface area contributed by atoms with Crippen molar-refractivity contribution in [3.05, 3.63) is 0 Å². The van der Waals surface area contributed by atoms with Crippen LogP contribution in [0.3, 0.4) is 0 Å². The Bertz CT molecular complexity index is 9.61. The van der Waals surface area contributed by atoms with Crippen LogP contribution in [0.25, 0.3) is 0 Å². The monoisotopic (exact) mass is 207 g/mol. The van der Waals surface area contributed by atoms with Gasteiger partial charge in [0, 0.05) is 0 Å². The van der Waals surface area contributed by atoms with Crippen LogP contribution in [0.5, 0.6) is 0 Å². The molecule has 5 heavy (non-hydrogen) atoms. The van der Waals surface area contributed by atoms with Gasteiger partial charge in [-0.1, -0.05) is 0 Å². The fourth-order valence-corrected chi connectivity index (χ4v) is 0. The molecule has 0 unspecified atom stereocenters. The van der Waals surface area contributed by atoms with Crippen LogP contribution in [0.15, 0.2) is 0 Å². The fourth-order valence-electron chi connectivity index (χ4n) is 0. The molecule has 0 spiro atoms. The Kier molecular flexibility index (Phi) is 36.0. The SMILES string of the molecule is CN.[Cl][Pd][Cl]. The van der Waals surface area contributed by atoms with E-state index in [4.69, 9.17) is 19.1 Å². The van der Waals surface area contributed by atoms with Gasteiger partial charge in [-0.3, -0.25) is 0 Å². The molecule has 0 aromatic rings. The molecule has 0 atom stereocenters. The van der Waals surface area contributed by atoms with Crippen LogP contribution < -0.4 is 5.73 Å². The molecular formula is CH5Cl2NPd. The van der Waals surface area contributed by atoms with E-state index in [-0.39, 0.29) is 15.9 Å². The van der Waals surface area contributed by atoms with Crippen LogP contribution >= 0.6 is 19.1 Å². The summed E-state index contributed by atoms with van der Waals surface area (Å²) in [6.45, 7) is 0. The summed E-state index contributed by atoms with van der Waals surface area (Å²) in [5.74, 6) is 0. The third-order valence-corrected chi connectivity index (χ3v) is 0. The topological polar surface area (TPSA) is 26.0 Å². The maximum absolute atomic E-state index is 4.81. The van der Waals surface area contributed by atoms with E-state index in [1.54, 1.807) is 0 Å². The molecule has 0 aliphatic heterocycles. The van der Waals surface area contributed by atoms with E-state index < -0.39 is 0 Å². The second-order valence-electron chi connectivity index (χ2n) is 0.0452. The molecule has 0 heterocycles. The van der Waals surface area contributed by atoms with E-state index in [2.05, 4.69) is 5.73 Å². The van der Waals surface area contributed by atoms with Crippen molar-refractivity contribution in [1.29, 1.82) is 0 Å². The van der Waals surface area contributed by atoms with Crippen molar-refractivity contribution < 1.29 is 15.9 Å². The first-order valence-corrected chi connectivity index (χ1v) is 4.82. The zero-order valence-electron chi connectivity index (χ0n) is 2.65. The predicted molar refractivity (Wildman–Crippen MR) is 21.8 cm³/mol. The molecular weight excluding hydrogens is 203 g/mol. The molecule has 0 aliphatic carbocycles. The first-order valence-electron chi connectivity index (χ1n) is 0.816. The Morgan fingerprint density at radius 3 is 1.40 bits per heavy atom. The molecule has 2 N–H and O–H groups in total. The summed E-state index contributed by atoms with van der Waals surface area (Å²) < 4.78 is 0. The van der Waals surface area contributed by atoms with Crippen LogP contribution in [0.4, 0.5) is 0 Å². The fraction of sp³-hybridized carbons (Fsp3) is 1.00. The zero-order valence-corrected chi connectivity index (χ0v) is 5.72. The number of rotatable bonds is 0. The van der Waals surface area contributed by atoms with E-state index in [0.717, 1.165) is 0 Å². The van der Waals surface area contributed by atoms with E-state index in [9.17, 15) is 0 Å². The molecule has 0 aromatic heterocycles. The summed E-state index contributed by atoms with van der Waals surface area (Å²) in [6, 6.07) is 0. The summed E-state index contributed by atoms with van der Waals surface area (Å²) in [5, 5.41) is 0. The molecule has 4 heteroatoms. The van der Waals surface area contributed by atoms with Crippen molar-refractivity contribution in [1.82, 2.24) is 0 Å². The summed E-state index contributed by atoms with van der Waals surface area (Å²) in [7, 11) is 11.1. The van der Waals surface area contributed by atoms with Crippen molar-refractivity contribution in [2.45, 2.75) is 0 Å². The van der Waals surface area contributed by atoms with Crippen LogP contribution in [-0.2, 0) is 15.9 Å². The van der Waals surface area contributed by atoms with Gasteiger partial charge >= 0.3 is 35.0 Å². The normalized spacial score (nSPS) is 5.60. The molecule has 0 saturated carbocycles. The number of hydrogen-bond donors (Lipinski definition) is 1. The Labute approximate surface area is 47.9 Å². The van der Waals surface area contributed by atoms with Crippen molar-refractivity contribution in [2.75, 3.05) is 7.05 Å². The summed E-state index contributed by atoms with van der Waals surface area (Å²) in [5.41, 5.74) is 4.50. The summed E-state index contributed by atoms with van der Waals surface area (Å²) in [6.07, 6.45) is 0. The van der Waals surface area contributed by atoms with Gasteiger partial charge in [0.05, 0.1) is 0 Å². The molecule has 0 radical (unpaired) electrons. The van der Waals surface area contributed by atoms with E-state index >= 15 is 0 Å². The van der Waals surface area contributed by atoms with Gasteiger partial charge in [-0.2, -0.15) is 0 Å². The molecule has 0 bridgehead atoms. The van der Waals surface area contributed by atoms with Gasteiger partial charge < -0.3 is 5.73 Å². The second-order valence-corrected chi connectivity index (χ2v) is 2.41. The third kappa shape index (κ3) is 36.9. The number of halogens is 2. The Hall–Kier alpha value is 1.20. The average molecular weight is 208 g/mol. The van der Waals surface area contributed by atoms with Gasteiger partial charge in [0.25, 0.3) is 0 Å². The van der Waals surface area contributed by atoms with Crippen molar-refractivity contribution in [2.24, 2.45) is 5.73 Å². The van der Waals surface area contributed by atoms with Gasteiger partial charge in [-0.15, -0.1) is 0 Å². The number of nitrogens with two attached hydrogens (primary N) is 1.